The molecule has 1 fully saturated rings. The van der Waals surface area contributed by atoms with Gasteiger partial charge < -0.3 is 14.9 Å². The lowest BCUT2D eigenvalue weighted by Crippen LogP contribution is -2.55. The number of aliphatic hydroxyl groups is 1. The van der Waals surface area contributed by atoms with Crippen LogP contribution in [0.3, 0.4) is 0 Å². The molecule has 0 aromatic carbocycles. The van der Waals surface area contributed by atoms with Crippen molar-refractivity contribution < 1.29 is 9.90 Å². The number of aromatic nitrogens is 3. The number of amides is 1. The number of piperidine rings is 1. The number of hydrogen-bond acceptors (Lipinski definition) is 5. The second kappa shape index (κ2) is 7.86. The highest BCUT2D eigenvalue weighted by Crippen LogP contribution is 2.25. The Morgan fingerprint density at radius 3 is 2.92 bits per heavy atom. The summed E-state index contributed by atoms with van der Waals surface area (Å²) in [6.07, 6.45) is 5.57. The van der Waals surface area contributed by atoms with E-state index in [4.69, 9.17) is 0 Å². The van der Waals surface area contributed by atoms with Gasteiger partial charge in [0.2, 0.25) is 5.91 Å². The summed E-state index contributed by atoms with van der Waals surface area (Å²) < 4.78 is 1.78. The highest BCUT2D eigenvalue weighted by molar-refractivity contribution is 5.75. The Bertz CT molecular complexity index is 733. The third-order valence-electron chi connectivity index (χ3n) is 4.81. The molecule has 3 rings (SSSR count). The van der Waals surface area contributed by atoms with Gasteiger partial charge in [-0.15, -0.1) is 0 Å². The highest BCUT2D eigenvalue weighted by Gasteiger charge is 2.35. The van der Waals surface area contributed by atoms with E-state index in [2.05, 4.69) is 15.0 Å². The Kier molecular flexibility index (Phi) is 5.56. The average Bonchev–Trinajstić information content (AvgIpc) is 3.05. The maximum absolute atomic E-state index is 12.4. The number of hydrogen-bond donors (Lipinski definition) is 1. The van der Waals surface area contributed by atoms with Gasteiger partial charge in [0.25, 0.3) is 0 Å². The normalized spacial score (nSPS) is 20.2. The van der Waals surface area contributed by atoms with Gasteiger partial charge in [0.05, 0.1) is 17.8 Å². The summed E-state index contributed by atoms with van der Waals surface area (Å²) in [5.41, 5.74) is 0.0274. The number of carbonyl (C=O) groups is 1. The Morgan fingerprint density at radius 1 is 1.38 bits per heavy atom. The van der Waals surface area contributed by atoms with Crippen LogP contribution in [-0.4, -0.2) is 63.0 Å². The van der Waals surface area contributed by atoms with Crippen molar-refractivity contribution in [3.8, 4) is 0 Å². The third kappa shape index (κ3) is 4.60. The van der Waals surface area contributed by atoms with Crippen LogP contribution in [-0.2, 0) is 11.3 Å². The van der Waals surface area contributed by atoms with E-state index >= 15 is 0 Å². The number of rotatable bonds is 6. The van der Waals surface area contributed by atoms with Crippen molar-refractivity contribution >= 4 is 11.7 Å². The van der Waals surface area contributed by atoms with E-state index < -0.39 is 5.60 Å². The highest BCUT2D eigenvalue weighted by atomic mass is 16.3. The first-order valence-electron chi connectivity index (χ1n) is 9.08. The molecule has 0 bridgehead atoms. The van der Waals surface area contributed by atoms with Crippen molar-refractivity contribution in [1.29, 1.82) is 0 Å². The smallest absolute Gasteiger partial charge is 0.224 e. The molecule has 140 valence electrons. The molecule has 0 saturated carbocycles. The Labute approximate surface area is 154 Å². The molecule has 1 aliphatic heterocycles. The standard InChI is InChI=1S/C19H27N5O2/c1-16-7-12-24(21-16)13-8-18(25)22(2)14-19(26)9-5-11-23(15-19)17-6-3-4-10-20-17/h3-4,6-7,10,12,26H,5,8-9,11,13-15H2,1-2H3/t19-/m0/s1. The van der Waals surface area contributed by atoms with Crippen LogP contribution < -0.4 is 4.90 Å². The van der Waals surface area contributed by atoms with E-state index in [1.807, 2.05) is 37.4 Å². The number of aryl methyl sites for hydroxylation is 2. The summed E-state index contributed by atoms with van der Waals surface area (Å²) in [6, 6.07) is 7.70. The van der Waals surface area contributed by atoms with Gasteiger partial charge in [0.15, 0.2) is 0 Å². The molecule has 3 heterocycles. The van der Waals surface area contributed by atoms with Gasteiger partial charge in [0, 0.05) is 45.5 Å². The molecule has 0 unspecified atom stereocenters. The molecule has 2 aromatic heterocycles. The topological polar surface area (TPSA) is 74.5 Å². The maximum Gasteiger partial charge on any atom is 0.224 e. The van der Waals surface area contributed by atoms with E-state index in [-0.39, 0.29) is 5.91 Å². The number of likely N-dealkylation sites (N-methyl/N-ethyl adjacent to an activating group) is 1. The van der Waals surface area contributed by atoms with Crippen LogP contribution in [0.5, 0.6) is 0 Å². The van der Waals surface area contributed by atoms with E-state index in [9.17, 15) is 9.90 Å². The number of nitrogens with zero attached hydrogens (tertiary/aromatic N) is 5. The molecule has 1 saturated heterocycles. The molecular formula is C19H27N5O2. The van der Waals surface area contributed by atoms with Gasteiger partial charge in [-0.3, -0.25) is 9.48 Å². The van der Waals surface area contributed by atoms with Crippen LogP contribution in [0.2, 0.25) is 0 Å². The lowest BCUT2D eigenvalue weighted by atomic mass is 9.92. The summed E-state index contributed by atoms with van der Waals surface area (Å²) in [7, 11) is 1.76. The SMILES string of the molecule is Cc1ccn(CCC(=O)N(C)C[C@@]2(O)CCCN(c3ccccn3)C2)n1. The molecule has 0 aliphatic carbocycles. The largest absolute Gasteiger partial charge is 0.386 e. The van der Waals surface area contributed by atoms with Crippen molar-refractivity contribution in [1.82, 2.24) is 19.7 Å². The summed E-state index contributed by atoms with van der Waals surface area (Å²) in [5.74, 6) is 0.884. The fourth-order valence-corrected chi connectivity index (χ4v) is 3.50. The Hall–Kier alpha value is -2.41. The molecule has 7 heteroatoms. The monoisotopic (exact) mass is 357 g/mol. The van der Waals surface area contributed by atoms with E-state index in [1.165, 1.54) is 0 Å². The van der Waals surface area contributed by atoms with E-state index in [0.29, 0.717) is 32.5 Å². The number of pyridine rings is 1. The first kappa shape index (κ1) is 18.4. The van der Waals surface area contributed by atoms with E-state index in [1.54, 1.807) is 22.8 Å². The van der Waals surface area contributed by atoms with Crippen LogP contribution in [0.4, 0.5) is 5.82 Å². The number of anilines is 1. The zero-order valence-electron chi connectivity index (χ0n) is 15.5. The molecule has 7 nitrogen and oxygen atoms in total. The minimum atomic E-state index is -0.914. The van der Waals surface area contributed by atoms with Gasteiger partial charge >= 0.3 is 0 Å². The molecule has 1 atom stereocenters. The summed E-state index contributed by atoms with van der Waals surface area (Å²) in [4.78, 5) is 20.5. The average molecular weight is 357 g/mol. The molecule has 0 spiro atoms. The minimum absolute atomic E-state index is 0.0153. The molecule has 2 aromatic rings. The second-order valence-electron chi connectivity index (χ2n) is 7.16. The Morgan fingerprint density at radius 2 is 2.23 bits per heavy atom. The fourth-order valence-electron chi connectivity index (χ4n) is 3.50. The predicted molar refractivity (Wildman–Crippen MR) is 99.9 cm³/mol. The number of β-amino-alcohol motifs (C(OH)–C–C–N with tert-alkyl or cyclic N) is 1. The van der Waals surface area contributed by atoms with Gasteiger partial charge in [-0.25, -0.2) is 4.98 Å². The van der Waals surface area contributed by atoms with Gasteiger partial charge in [0.1, 0.15) is 5.82 Å². The zero-order chi connectivity index (χ0) is 18.6. The molecular weight excluding hydrogens is 330 g/mol. The predicted octanol–water partition coefficient (Wildman–Crippen LogP) is 1.47. The fraction of sp³-hybridized carbons (Fsp3) is 0.526. The zero-order valence-corrected chi connectivity index (χ0v) is 15.5. The van der Waals surface area contributed by atoms with Crippen LogP contribution in [0, 0.1) is 6.92 Å². The van der Waals surface area contributed by atoms with E-state index in [0.717, 1.165) is 24.5 Å². The molecule has 26 heavy (non-hydrogen) atoms. The Balaban J connectivity index is 1.55. The summed E-state index contributed by atoms with van der Waals surface area (Å²) >= 11 is 0. The first-order valence-corrected chi connectivity index (χ1v) is 9.08. The van der Waals surface area contributed by atoms with Crippen molar-refractivity contribution in [2.45, 2.75) is 38.3 Å². The molecule has 1 aliphatic rings. The third-order valence-corrected chi connectivity index (χ3v) is 4.81. The van der Waals surface area contributed by atoms with Crippen molar-refractivity contribution in [2.24, 2.45) is 0 Å². The van der Waals surface area contributed by atoms with Gasteiger partial charge in [-0.1, -0.05) is 6.07 Å². The van der Waals surface area contributed by atoms with Crippen LogP contribution in [0.25, 0.3) is 0 Å². The maximum atomic E-state index is 12.4. The van der Waals surface area contributed by atoms with Gasteiger partial charge in [-0.2, -0.15) is 5.10 Å². The van der Waals surface area contributed by atoms with Gasteiger partial charge in [-0.05, 0) is 38.0 Å². The lowest BCUT2D eigenvalue weighted by Gasteiger charge is -2.41. The molecule has 1 amide bonds. The van der Waals surface area contributed by atoms with Crippen molar-refractivity contribution in [3.63, 3.8) is 0 Å². The summed E-state index contributed by atoms with van der Waals surface area (Å²) in [6.45, 7) is 4.16. The summed E-state index contributed by atoms with van der Waals surface area (Å²) in [5, 5.41) is 15.3. The lowest BCUT2D eigenvalue weighted by molar-refractivity contribution is -0.133. The van der Waals surface area contributed by atoms with Crippen LogP contribution in [0.1, 0.15) is 25.0 Å². The quantitative estimate of drug-likeness (QED) is 0.847. The number of carbonyl (C=O) groups excluding carboxylic acids is 1. The molecule has 0 radical (unpaired) electrons. The minimum Gasteiger partial charge on any atom is -0.386 e. The molecule has 1 N–H and O–H groups in total. The first-order chi connectivity index (χ1) is 12.5. The van der Waals surface area contributed by atoms with Crippen molar-refractivity contribution in [2.75, 3.05) is 31.6 Å². The van der Waals surface area contributed by atoms with Crippen molar-refractivity contribution in [3.05, 3.63) is 42.4 Å². The van der Waals surface area contributed by atoms with Crippen LogP contribution in [0.15, 0.2) is 36.7 Å². The van der Waals surface area contributed by atoms with Crippen LogP contribution >= 0.6 is 0 Å². The second-order valence-corrected chi connectivity index (χ2v) is 7.16.